The molecule has 0 fully saturated rings. The first-order valence-electron chi connectivity index (χ1n) is 6.19. The highest BCUT2D eigenvalue weighted by Gasteiger charge is 2.01. The normalized spacial score (nSPS) is 10.4. The smallest absolute Gasteiger partial charge is 0.137 e. The lowest BCUT2D eigenvalue weighted by atomic mass is 10.2. The van der Waals surface area contributed by atoms with Crippen molar-refractivity contribution in [2.24, 2.45) is 0 Å². The molecule has 0 aliphatic rings. The van der Waals surface area contributed by atoms with Crippen LogP contribution in [-0.2, 0) is 6.42 Å². The number of rotatable bonds is 7. The van der Waals surface area contributed by atoms with E-state index in [1.165, 1.54) is 24.8 Å². The van der Waals surface area contributed by atoms with Gasteiger partial charge in [-0.1, -0.05) is 50.8 Å². The fraction of sp³-hybridized carbons (Fsp3) is 0.571. The Balaban J connectivity index is 2.36. The molecule has 0 atom stereocenters. The Bertz CT molecular complexity index is 310. The second-order valence-corrected chi connectivity index (χ2v) is 4.43. The van der Waals surface area contributed by atoms with E-state index in [-0.39, 0.29) is 0 Å². The van der Waals surface area contributed by atoms with Crippen molar-refractivity contribution in [2.45, 2.75) is 46.0 Å². The number of benzene rings is 1. The van der Waals surface area contributed by atoms with E-state index in [2.05, 4.69) is 19.9 Å². The van der Waals surface area contributed by atoms with Crippen LogP contribution in [0, 0.1) is 0 Å². The van der Waals surface area contributed by atoms with Crippen LogP contribution in [0.5, 0.6) is 5.75 Å². The summed E-state index contributed by atoms with van der Waals surface area (Å²) in [4.78, 5) is 0. The number of hydrogen-bond donors (Lipinski definition) is 0. The highest BCUT2D eigenvalue weighted by atomic mass is 35.5. The summed E-state index contributed by atoms with van der Waals surface area (Å²) in [5, 5.41) is 0.731. The molecule has 0 aliphatic carbocycles. The van der Waals surface area contributed by atoms with E-state index in [0.29, 0.717) is 0 Å². The van der Waals surface area contributed by atoms with Gasteiger partial charge < -0.3 is 4.74 Å². The molecule has 0 saturated heterocycles. The van der Waals surface area contributed by atoms with E-state index in [1.807, 2.05) is 12.1 Å². The number of ether oxygens (including phenoxy) is 1. The first-order chi connectivity index (χ1) is 7.77. The highest BCUT2D eigenvalue weighted by molar-refractivity contribution is 6.32. The van der Waals surface area contributed by atoms with E-state index in [1.54, 1.807) is 0 Å². The molecule has 1 aromatic rings. The van der Waals surface area contributed by atoms with Crippen molar-refractivity contribution >= 4 is 11.6 Å². The van der Waals surface area contributed by atoms with Gasteiger partial charge in [-0.2, -0.15) is 0 Å². The van der Waals surface area contributed by atoms with Crippen molar-refractivity contribution in [1.29, 1.82) is 0 Å². The first-order valence-corrected chi connectivity index (χ1v) is 6.57. The molecule has 0 heterocycles. The number of hydrogen-bond acceptors (Lipinski definition) is 1. The topological polar surface area (TPSA) is 9.23 Å². The summed E-state index contributed by atoms with van der Waals surface area (Å²) in [7, 11) is 0. The largest absolute Gasteiger partial charge is 0.492 e. The maximum Gasteiger partial charge on any atom is 0.137 e. The van der Waals surface area contributed by atoms with Gasteiger partial charge in [0.15, 0.2) is 0 Å². The van der Waals surface area contributed by atoms with Crippen LogP contribution in [0.4, 0.5) is 0 Å². The summed E-state index contributed by atoms with van der Waals surface area (Å²) in [5.41, 5.74) is 1.25. The average molecular weight is 241 g/mol. The van der Waals surface area contributed by atoms with Crippen LogP contribution in [-0.4, -0.2) is 6.61 Å². The van der Waals surface area contributed by atoms with Crippen molar-refractivity contribution in [3.63, 3.8) is 0 Å². The Morgan fingerprint density at radius 3 is 2.56 bits per heavy atom. The van der Waals surface area contributed by atoms with Gasteiger partial charge >= 0.3 is 0 Å². The molecule has 0 radical (unpaired) electrons. The third-order valence-electron chi connectivity index (χ3n) is 2.66. The van der Waals surface area contributed by atoms with E-state index < -0.39 is 0 Å². The van der Waals surface area contributed by atoms with Crippen LogP contribution < -0.4 is 4.74 Å². The Morgan fingerprint density at radius 2 is 1.94 bits per heavy atom. The number of unbranched alkanes of at least 4 members (excludes halogenated alkanes) is 3. The van der Waals surface area contributed by atoms with Gasteiger partial charge in [0, 0.05) is 0 Å². The SMILES string of the molecule is CCCCCCOc1ccc(CC)cc1Cl. The van der Waals surface area contributed by atoms with Gasteiger partial charge in [-0.05, 0) is 30.5 Å². The predicted octanol–water partition coefficient (Wildman–Crippen LogP) is 4.86. The maximum absolute atomic E-state index is 6.12. The number of halogens is 1. The van der Waals surface area contributed by atoms with E-state index >= 15 is 0 Å². The molecule has 1 aromatic carbocycles. The number of aryl methyl sites for hydroxylation is 1. The van der Waals surface area contributed by atoms with Gasteiger partial charge in [0.05, 0.1) is 11.6 Å². The lowest BCUT2D eigenvalue weighted by Crippen LogP contribution is -1.98. The molecule has 1 nitrogen and oxygen atoms in total. The van der Waals surface area contributed by atoms with Crippen molar-refractivity contribution in [3.8, 4) is 5.75 Å². The first kappa shape index (κ1) is 13.4. The molecule has 0 aromatic heterocycles. The zero-order valence-corrected chi connectivity index (χ0v) is 11.0. The summed E-state index contributed by atoms with van der Waals surface area (Å²) in [5.74, 6) is 0.815. The monoisotopic (exact) mass is 240 g/mol. The molecule has 0 unspecified atom stereocenters. The minimum absolute atomic E-state index is 0.731. The van der Waals surface area contributed by atoms with Crippen molar-refractivity contribution in [3.05, 3.63) is 28.8 Å². The van der Waals surface area contributed by atoms with Gasteiger partial charge in [0.25, 0.3) is 0 Å². The van der Waals surface area contributed by atoms with Gasteiger partial charge in [-0.3, -0.25) is 0 Å². The molecular formula is C14H21ClO. The molecule has 0 saturated carbocycles. The highest BCUT2D eigenvalue weighted by Crippen LogP contribution is 2.25. The van der Waals surface area contributed by atoms with Crippen molar-refractivity contribution in [2.75, 3.05) is 6.61 Å². The van der Waals surface area contributed by atoms with Gasteiger partial charge in [0.2, 0.25) is 0 Å². The molecule has 0 amide bonds. The maximum atomic E-state index is 6.12. The average Bonchev–Trinajstić information content (AvgIpc) is 2.30. The quantitative estimate of drug-likeness (QED) is 0.619. The van der Waals surface area contributed by atoms with Gasteiger partial charge in [-0.25, -0.2) is 0 Å². The lowest BCUT2D eigenvalue weighted by Gasteiger charge is -2.08. The molecule has 90 valence electrons. The fourth-order valence-electron chi connectivity index (χ4n) is 1.59. The second kappa shape index (κ2) is 7.56. The Kier molecular flexibility index (Phi) is 6.32. The summed E-state index contributed by atoms with van der Waals surface area (Å²) < 4.78 is 5.65. The Hall–Kier alpha value is -0.690. The summed E-state index contributed by atoms with van der Waals surface area (Å²) in [6, 6.07) is 6.04. The van der Waals surface area contributed by atoms with E-state index in [9.17, 15) is 0 Å². The molecule has 0 spiro atoms. The molecule has 0 aliphatic heterocycles. The standard InChI is InChI=1S/C14H21ClO/c1-3-5-6-7-10-16-14-9-8-12(4-2)11-13(14)15/h8-9,11H,3-7,10H2,1-2H3. The molecule has 2 heteroatoms. The fourth-order valence-corrected chi connectivity index (χ4v) is 1.85. The second-order valence-electron chi connectivity index (χ2n) is 4.03. The van der Waals surface area contributed by atoms with E-state index in [0.717, 1.165) is 30.2 Å². The van der Waals surface area contributed by atoms with Crippen LogP contribution in [0.2, 0.25) is 5.02 Å². The van der Waals surface area contributed by atoms with Crippen LogP contribution in [0.3, 0.4) is 0 Å². The summed E-state index contributed by atoms with van der Waals surface area (Å²) in [6.45, 7) is 5.10. The minimum atomic E-state index is 0.731. The van der Waals surface area contributed by atoms with Gasteiger partial charge in [-0.15, -0.1) is 0 Å². The van der Waals surface area contributed by atoms with Crippen LogP contribution in [0.1, 0.15) is 45.1 Å². The van der Waals surface area contributed by atoms with Crippen LogP contribution >= 0.6 is 11.6 Å². The summed E-state index contributed by atoms with van der Waals surface area (Å²) in [6.07, 6.45) is 5.90. The van der Waals surface area contributed by atoms with Crippen LogP contribution in [0.25, 0.3) is 0 Å². The predicted molar refractivity (Wildman–Crippen MR) is 70.5 cm³/mol. The zero-order chi connectivity index (χ0) is 11.8. The lowest BCUT2D eigenvalue weighted by molar-refractivity contribution is 0.305. The molecular weight excluding hydrogens is 220 g/mol. The third kappa shape index (κ3) is 4.44. The van der Waals surface area contributed by atoms with Gasteiger partial charge in [0.1, 0.15) is 5.75 Å². The molecule has 0 N–H and O–H groups in total. The molecule has 0 bridgehead atoms. The summed E-state index contributed by atoms with van der Waals surface area (Å²) >= 11 is 6.12. The third-order valence-corrected chi connectivity index (χ3v) is 2.96. The minimum Gasteiger partial charge on any atom is -0.492 e. The van der Waals surface area contributed by atoms with Crippen molar-refractivity contribution in [1.82, 2.24) is 0 Å². The molecule has 16 heavy (non-hydrogen) atoms. The molecule has 1 rings (SSSR count). The zero-order valence-electron chi connectivity index (χ0n) is 10.3. The van der Waals surface area contributed by atoms with Crippen LogP contribution in [0.15, 0.2) is 18.2 Å². The Labute approximate surface area is 104 Å². The Morgan fingerprint density at radius 1 is 1.12 bits per heavy atom. The van der Waals surface area contributed by atoms with Crippen molar-refractivity contribution < 1.29 is 4.74 Å². The van der Waals surface area contributed by atoms with E-state index in [4.69, 9.17) is 16.3 Å².